The van der Waals surface area contributed by atoms with Gasteiger partial charge in [0.05, 0.1) is 30.8 Å². The second kappa shape index (κ2) is 8.18. The van der Waals surface area contributed by atoms with E-state index in [0.29, 0.717) is 6.54 Å². The molecule has 0 aliphatic carbocycles. The van der Waals surface area contributed by atoms with Gasteiger partial charge in [0.2, 0.25) is 5.91 Å². The molecule has 0 bridgehead atoms. The number of morpholine rings is 1. The lowest BCUT2D eigenvalue weighted by Gasteiger charge is -2.31. The summed E-state index contributed by atoms with van der Waals surface area (Å²) >= 11 is 0. The first-order chi connectivity index (χ1) is 12.5. The number of carbonyl (C=O) groups excluding carboxylic acids is 1. The zero-order valence-electron chi connectivity index (χ0n) is 16.3. The maximum atomic E-state index is 13.0. The topological polar surface area (TPSA) is 50.6 Å². The summed E-state index contributed by atoms with van der Waals surface area (Å²) in [5, 5.41) is 0. The minimum Gasteiger partial charge on any atom is -0.379 e. The van der Waals surface area contributed by atoms with E-state index in [9.17, 15) is 4.79 Å². The monoisotopic (exact) mass is 358 g/mol. The fourth-order valence-electron chi connectivity index (χ4n) is 3.77. The van der Waals surface area contributed by atoms with Crippen molar-refractivity contribution in [2.45, 2.75) is 52.9 Å². The third kappa shape index (κ3) is 4.07. The van der Waals surface area contributed by atoms with E-state index in [1.165, 1.54) is 0 Å². The van der Waals surface area contributed by atoms with Crippen LogP contribution in [0.15, 0.2) is 24.3 Å². The van der Waals surface area contributed by atoms with Gasteiger partial charge in [-0.2, -0.15) is 0 Å². The number of nitrogens with zero attached hydrogens (tertiary/aromatic N) is 4. The summed E-state index contributed by atoms with van der Waals surface area (Å²) < 4.78 is 7.53. The van der Waals surface area contributed by atoms with Crippen molar-refractivity contribution >= 4 is 16.9 Å². The molecule has 1 aromatic heterocycles. The van der Waals surface area contributed by atoms with Gasteiger partial charge in [-0.3, -0.25) is 9.69 Å². The first-order valence-electron chi connectivity index (χ1n) is 9.52. The molecule has 3 rings (SSSR count). The van der Waals surface area contributed by atoms with Gasteiger partial charge in [-0.1, -0.05) is 12.1 Å². The molecule has 0 unspecified atom stereocenters. The van der Waals surface area contributed by atoms with Crippen molar-refractivity contribution in [2.75, 3.05) is 26.3 Å². The Kier molecular flexibility index (Phi) is 5.94. The molecule has 0 N–H and O–H groups in total. The molecule has 0 atom stereocenters. The molecule has 1 aromatic carbocycles. The van der Waals surface area contributed by atoms with Crippen LogP contribution in [0.2, 0.25) is 0 Å². The van der Waals surface area contributed by atoms with Gasteiger partial charge < -0.3 is 14.2 Å². The highest BCUT2D eigenvalue weighted by atomic mass is 16.5. The van der Waals surface area contributed by atoms with Crippen molar-refractivity contribution in [3.05, 3.63) is 30.1 Å². The van der Waals surface area contributed by atoms with Crippen LogP contribution in [0.1, 0.15) is 33.5 Å². The van der Waals surface area contributed by atoms with Crippen molar-refractivity contribution in [3.63, 3.8) is 0 Å². The molecule has 1 saturated heterocycles. The van der Waals surface area contributed by atoms with Crippen LogP contribution in [-0.2, 0) is 22.6 Å². The Hall–Kier alpha value is -1.92. The average Bonchev–Trinajstić information content (AvgIpc) is 2.92. The van der Waals surface area contributed by atoms with E-state index < -0.39 is 0 Å². The van der Waals surface area contributed by atoms with Crippen LogP contribution < -0.4 is 0 Å². The average molecular weight is 358 g/mol. The van der Waals surface area contributed by atoms with Gasteiger partial charge in [-0.15, -0.1) is 0 Å². The van der Waals surface area contributed by atoms with E-state index in [1.807, 2.05) is 29.2 Å². The summed E-state index contributed by atoms with van der Waals surface area (Å²) in [5.41, 5.74) is 1.97. The molecular formula is C20H30N4O2. The number of aromatic nitrogens is 2. The first kappa shape index (κ1) is 18.9. The quantitative estimate of drug-likeness (QED) is 0.796. The summed E-state index contributed by atoms with van der Waals surface area (Å²) in [4.78, 5) is 22.1. The number of hydrogen-bond acceptors (Lipinski definition) is 4. The summed E-state index contributed by atoms with van der Waals surface area (Å²) in [6.45, 7) is 12.7. The van der Waals surface area contributed by atoms with Crippen molar-refractivity contribution in [1.82, 2.24) is 19.4 Å². The Bertz CT molecular complexity index is 739. The fraction of sp³-hybridized carbons (Fsp3) is 0.600. The highest BCUT2D eigenvalue weighted by molar-refractivity contribution is 5.81. The third-order valence-electron chi connectivity index (χ3n) is 4.90. The highest BCUT2D eigenvalue weighted by Crippen LogP contribution is 2.19. The van der Waals surface area contributed by atoms with E-state index >= 15 is 0 Å². The van der Waals surface area contributed by atoms with Crippen molar-refractivity contribution in [2.24, 2.45) is 0 Å². The van der Waals surface area contributed by atoms with Crippen LogP contribution in [0.5, 0.6) is 0 Å². The standard InChI is InChI=1S/C20H30N4O2/c1-15(2)24(16(3)4)20(25)14-23-18-8-6-5-7-17(18)21-19(23)13-22-9-11-26-12-10-22/h5-8,15-16H,9-14H2,1-4H3. The molecule has 1 fully saturated rings. The van der Waals surface area contributed by atoms with Gasteiger partial charge in [0, 0.05) is 25.2 Å². The number of benzene rings is 1. The number of rotatable bonds is 6. The largest absolute Gasteiger partial charge is 0.379 e. The second-order valence-electron chi connectivity index (χ2n) is 7.48. The van der Waals surface area contributed by atoms with Crippen LogP contribution >= 0.6 is 0 Å². The van der Waals surface area contributed by atoms with Gasteiger partial charge in [0.15, 0.2) is 0 Å². The van der Waals surface area contributed by atoms with Gasteiger partial charge in [-0.05, 0) is 39.8 Å². The van der Waals surface area contributed by atoms with Crippen LogP contribution in [0.4, 0.5) is 0 Å². The van der Waals surface area contributed by atoms with Gasteiger partial charge in [0.1, 0.15) is 12.4 Å². The summed E-state index contributed by atoms with van der Waals surface area (Å²) in [5.74, 6) is 1.09. The molecule has 6 nitrogen and oxygen atoms in total. The second-order valence-corrected chi connectivity index (χ2v) is 7.48. The molecular weight excluding hydrogens is 328 g/mol. The number of fused-ring (bicyclic) bond motifs is 1. The van der Waals surface area contributed by atoms with Crippen LogP contribution in [0.25, 0.3) is 11.0 Å². The number of hydrogen-bond donors (Lipinski definition) is 0. The van der Waals surface area contributed by atoms with Crippen molar-refractivity contribution in [3.8, 4) is 0 Å². The Morgan fingerprint density at radius 3 is 2.46 bits per heavy atom. The van der Waals surface area contributed by atoms with Gasteiger partial charge in [-0.25, -0.2) is 4.98 Å². The molecule has 1 amide bonds. The van der Waals surface area contributed by atoms with E-state index in [1.54, 1.807) is 0 Å². The number of amides is 1. The van der Waals surface area contributed by atoms with Crippen LogP contribution in [0, 0.1) is 0 Å². The first-order valence-corrected chi connectivity index (χ1v) is 9.52. The molecule has 1 aliphatic heterocycles. The number of imidazole rings is 1. The molecule has 26 heavy (non-hydrogen) atoms. The smallest absolute Gasteiger partial charge is 0.243 e. The summed E-state index contributed by atoms with van der Waals surface area (Å²) in [6.07, 6.45) is 0. The lowest BCUT2D eigenvalue weighted by Crippen LogP contribution is -2.44. The van der Waals surface area contributed by atoms with Gasteiger partial charge >= 0.3 is 0 Å². The Balaban J connectivity index is 1.89. The normalized spacial score (nSPS) is 15.9. The number of para-hydroxylation sites is 2. The molecule has 0 spiro atoms. The number of carbonyl (C=O) groups is 1. The fourth-order valence-corrected chi connectivity index (χ4v) is 3.77. The molecule has 2 aromatic rings. The van der Waals surface area contributed by atoms with Crippen LogP contribution in [0.3, 0.4) is 0 Å². The molecule has 6 heteroatoms. The predicted octanol–water partition coefficient (Wildman–Crippen LogP) is 2.51. The number of ether oxygens (including phenoxy) is 1. The SMILES string of the molecule is CC(C)N(C(=O)Cn1c(CN2CCOCC2)nc2ccccc21)C(C)C. The summed E-state index contributed by atoms with van der Waals surface area (Å²) in [6, 6.07) is 8.43. The minimum absolute atomic E-state index is 0.140. The Labute approximate surface area is 155 Å². The molecule has 2 heterocycles. The van der Waals surface area contributed by atoms with Crippen molar-refractivity contribution < 1.29 is 9.53 Å². The van der Waals surface area contributed by atoms with E-state index in [4.69, 9.17) is 9.72 Å². The minimum atomic E-state index is 0.140. The lowest BCUT2D eigenvalue weighted by atomic mass is 10.2. The molecule has 0 saturated carbocycles. The Morgan fingerprint density at radius 2 is 1.81 bits per heavy atom. The van der Waals surface area contributed by atoms with Gasteiger partial charge in [0.25, 0.3) is 0 Å². The maximum Gasteiger partial charge on any atom is 0.243 e. The summed E-state index contributed by atoms with van der Waals surface area (Å²) in [7, 11) is 0. The van der Waals surface area contributed by atoms with Crippen molar-refractivity contribution in [1.29, 1.82) is 0 Å². The van der Waals surface area contributed by atoms with E-state index in [2.05, 4.69) is 37.2 Å². The van der Waals surface area contributed by atoms with Crippen LogP contribution in [-0.4, -0.2) is 63.6 Å². The maximum absolute atomic E-state index is 13.0. The molecule has 142 valence electrons. The van der Waals surface area contributed by atoms with E-state index in [0.717, 1.165) is 49.7 Å². The Morgan fingerprint density at radius 1 is 1.15 bits per heavy atom. The zero-order valence-corrected chi connectivity index (χ0v) is 16.3. The third-order valence-corrected chi connectivity index (χ3v) is 4.90. The molecule has 1 aliphatic rings. The highest BCUT2D eigenvalue weighted by Gasteiger charge is 2.23. The lowest BCUT2D eigenvalue weighted by molar-refractivity contribution is -0.135. The predicted molar refractivity (Wildman–Crippen MR) is 103 cm³/mol. The zero-order chi connectivity index (χ0) is 18.7. The molecule has 0 radical (unpaired) electrons. The van der Waals surface area contributed by atoms with E-state index in [-0.39, 0.29) is 18.0 Å².